The van der Waals surface area contributed by atoms with E-state index in [9.17, 15) is 19.7 Å². The summed E-state index contributed by atoms with van der Waals surface area (Å²) in [7, 11) is 0. The van der Waals surface area contributed by atoms with Crippen LogP contribution in [0.15, 0.2) is 84.0 Å². The maximum Gasteiger partial charge on any atom is 0.278 e. The SMILES string of the molecule is O=C(N/N=C/c1ccccc1[N+](=O)[O-])c1ccc(NC(=O)c2ccccc2)cc1. The summed E-state index contributed by atoms with van der Waals surface area (Å²) in [4.78, 5) is 34.7. The number of carbonyl (C=O) groups excluding carboxylic acids is 2. The number of anilines is 1. The number of hydrogen-bond donors (Lipinski definition) is 2. The van der Waals surface area contributed by atoms with Gasteiger partial charge in [-0.2, -0.15) is 5.10 Å². The molecule has 2 N–H and O–H groups in total. The summed E-state index contributed by atoms with van der Waals surface area (Å²) in [5, 5.41) is 17.5. The van der Waals surface area contributed by atoms with Crippen molar-refractivity contribution in [1.82, 2.24) is 5.43 Å². The van der Waals surface area contributed by atoms with Crippen LogP contribution in [0.2, 0.25) is 0 Å². The number of nitro groups is 1. The van der Waals surface area contributed by atoms with E-state index in [-0.39, 0.29) is 17.2 Å². The normalized spacial score (nSPS) is 10.5. The fraction of sp³-hybridized carbons (Fsp3) is 0. The summed E-state index contributed by atoms with van der Waals surface area (Å²) >= 11 is 0. The van der Waals surface area contributed by atoms with Gasteiger partial charge in [-0.3, -0.25) is 19.7 Å². The molecular weight excluding hydrogens is 372 g/mol. The third-order valence-electron chi connectivity index (χ3n) is 3.94. The zero-order valence-corrected chi connectivity index (χ0v) is 15.1. The Morgan fingerprint density at radius 2 is 1.45 bits per heavy atom. The van der Waals surface area contributed by atoms with E-state index in [1.54, 1.807) is 48.5 Å². The van der Waals surface area contributed by atoms with Crippen LogP contribution in [-0.2, 0) is 0 Å². The summed E-state index contributed by atoms with van der Waals surface area (Å²) in [6, 6.07) is 21.1. The number of amides is 2. The third kappa shape index (κ3) is 5.10. The predicted molar refractivity (Wildman–Crippen MR) is 109 cm³/mol. The van der Waals surface area contributed by atoms with Crippen molar-refractivity contribution >= 4 is 29.4 Å². The molecule has 0 radical (unpaired) electrons. The van der Waals surface area contributed by atoms with Gasteiger partial charge in [0, 0.05) is 22.9 Å². The van der Waals surface area contributed by atoms with Gasteiger partial charge in [-0.15, -0.1) is 0 Å². The van der Waals surface area contributed by atoms with Crippen LogP contribution in [0, 0.1) is 10.1 Å². The van der Waals surface area contributed by atoms with Crippen molar-refractivity contribution in [3.8, 4) is 0 Å². The first-order valence-electron chi connectivity index (χ1n) is 8.58. The zero-order chi connectivity index (χ0) is 20.6. The van der Waals surface area contributed by atoms with Crippen molar-refractivity contribution < 1.29 is 14.5 Å². The molecule has 0 saturated carbocycles. The topological polar surface area (TPSA) is 114 Å². The van der Waals surface area contributed by atoms with Gasteiger partial charge in [-0.1, -0.05) is 30.3 Å². The number of hydrogen-bond acceptors (Lipinski definition) is 5. The van der Waals surface area contributed by atoms with E-state index in [4.69, 9.17) is 0 Å². The van der Waals surface area contributed by atoms with E-state index in [1.807, 2.05) is 6.07 Å². The highest BCUT2D eigenvalue weighted by molar-refractivity contribution is 6.04. The first-order chi connectivity index (χ1) is 14.0. The van der Waals surface area contributed by atoms with Crippen molar-refractivity contribution in [2.24, 2.45) is 5.10 Å². The van der Waals surface area contributed by atoms with Crippen LogP contribution < -0.4 is 10.7 Å². The highest BCUT2D eigenvalue weighted by Crippen LogP contribution is 2.15. The maximum atomic E-state index is 12.2. The van der Waals surface area contributed by atoms with Gasteiger partial charge in [0.15, 0.2) is 0 Å². The first kappa shape index (κ1) is 19.4. The fourth-order valence-electron chi connectivity index (χ4n) is 2.49. The molecule has 0 aliphatic rings. The molecule has 3 aromatic rings. The Morgan fingerprint density at radius 3 is 2.14 bits per heavy atom. The molecule has 0 fully saturated rings. The molecule has 0 heterocycles. The summed E-state index contributed by atoms with van der Waals surface area (Å²) in [5.74, 6) is -0.738. The van der Waals surface area contributed by atoms with Crippen LogP contribution in [0.4, 0.5) is 11.4 Å². The lowest BCUT2D eigenvalue weighted by molar-refractivity contribution is -0.385. The number of nitrogens with zero attached hydrogens (tertiary/aromatic N) is 2. The quantitative estimate of drug-likeness (QED) is 0.381. The summed E-state index contributed by atoms with van der Waals surface area (Å²) in [6.45, 7) is 0. The van der Waals surface area contributed by atoms with E-state index in [0.29, 0.717) is 16.8 Å². The van der Waals surface area contributed by atoms with E-state index in [0.717, 1.165) is 0 Å². The molecule has 0 saturated heterocycles. The second kappa shape index (κ2) is 9.05. The van der Waals surface area contributed by atoms with Gasteiger partial charge in [0.25, 0.3) is 17.5 Å². The Hall–Kier alpha value is -4.33. The summed E-state index contributed by atoms with van der Waals surface area (Å²) in [5.41, 5.74) is 3.88. The lowest BCUT2D eigenvalue weighted by Gasteiger charge is -2.06. The highest BCUT2D eigenvalue weighted by atomic mass is 16.6. The van der Waals surface area contributed by atoms with E-state index in [2.05, 4.69) is 15.8 Å². The molecule has 0 unspecified atom stereocenters. The lowest BCUT2D eigenvalue weighted by atomic mass is 10.1. The number of nitro benzene ring substituents is 1. The van der Waals surface area contributed by atoms with E-state index in [1.165, 1.54) is 30.5 Å². The second-order valence-electron chi connectivity index (χ2n) is 5.91. The molecule has 29 heavy (non-hydrogen) atoms. The third-order valence-corrected chi connectivity index (χ3v) is 3.94. The van der Waals surface area contributed by atoms with Crippen LogP contribution in [0.25, 0.3) is 0 Å². The summed E-state index contributed by atoms with van der Waals surface area (Å²) in [6.07, 6.45) is 1.21. The molecule has 0 aliphatic carbocycles. The van der Waals surface area contributed by atoms with Crippen molar-refractivity contribution in [2.45, 2.75) is 0 Å². The number of nitrogens with one attached hydrogen (secondary N) is 2. The fourth-order valence-corrected chi connectivity index (χ4v) is 2.49. The minimum Gasteiger partial charge on any atom is -0.322 e. The van der Waals surface area contributed by atoms with Gasteiger partial charge in [0.2, 0.25) is 0 Å². The van der Waals surface area contributed by atoms with Gasteiger partial charge >= 0.3 is 0 Å². The van der Waals surface area contributed by atoms with Crippen LogP contribution in [0.5, 0.6) is 0 Å². The average molecular weight is 388 g/mol. The average Bonchev–Trinajstić information content (AvgIpc) is 2.75. The molecule has 8 heteroatoms. The molecule has 0 spiro atoms. The van der Waals surface area contributed by atoms with Gasteiger partial charge in [0.05, 0.1) is 16.7 Å². The largest absolute Gasteiger partial charge is 0.322 e. The van der Waals surface area contributed by atoms with Crippen molar-refractivity contribution in [2.75, 3.05) is 5.32 Å². The van der Waals surface area contributed by atoms with Crippen molar-refractivity contribution in [1.29, 1.82) is 0 Å². The van der Waals surface area contributed by atoms with Gasteiger partial charge in [0.1, 0.15) is 0 Å². The maximum absolute atomic E-state index is 12.2. The number of carbonyl (C=O) groups is 2. The molecule has 0 bridgehead atoms. The molecule has 0 aromatic heterocycles. The molecule has 8 nitrogen and oxygen atoms in total. The smallest absolute Gasteiger partial charge is 0.278 e. The Labute approximate surface area is 166 Å². The molecule has 0 aliphatic heterocycles. The molecular formula is C21H16N4O4. The number of benzene rings is 3. The monoisotopic (exact) mass is 388 g/mol. The number of hydrazone groups is 1. The van der Waals surface area contributed by atoms with E-state index < -0.39 is 10.8 Å². The Balaban J connectivity index is 1.61. The minimum atomic E-state index is -0.522. The predicted octanol–water partition coefficient (Wildman–Crippen LogP) is 3.61. The molecule has 3 rings (SSSR count). The standard InChI is InChI=1S/C21H16N4O4/c26-20(15-6-2-1-3-7-15)23-18-12-10-16(11-13-18)21(27)24-22-14-17-8-4-5-9-19(17)25(28)29/h1-14H,(H,23,26)(H,24,27)/b22-14+. The molecule has 3 aromatic carbocycles. The first-order valence-corrected chi connectivity index (χ1v) is 8.58. The Morgan fingerprint density at radius 1 is 0.828 bits per heavy atom. The van der Waals surface area contributed by atoms with Crippen LogP contribution in [-0.4, -0.2) is 23.0 Å². The highest BCUT2D eigenvalue weighted by Gasteiger charge is 2.11. The Kier molecular flexibility index (Phi) is 6.06. The molecule has 2 amide bonds. The second-order valence-corrected chi connectivity index (χ2v) is 5.91. The van der Waals surface area contributed by atoms with Crippen molar-refractivity contribution in [3.05, 3.63) is 106 Å². The molecule has 0 atom stereocenters. The zero-order valence-electron chi connectivity index (χ0n) is 15.1. The van der Waals surface area contributed by atoms with Gasteiger partial charge in [-0.25, -0.2) is 5.43 Å². The number of para-hydroxylation sites is 1. The Bertz CT molecular complexity index is 1060. The summed E-state index contributed by atoms with van der Waals surface area (Å²) < 4.78 is 0. The molecule has 144 valence electrons. The van der Waals surface area contributed by atoms with Gasteiger partial charge < -0.3 is 5.32 Å². The van der Waals surface area contributed by atoms with Crippen LogP contribution in [0.1, 0.15) is 26.3 Å². The van der Waals surface area contributed by atoms with Crippen molar-refractivity contribution in [3.63, 3.8) is 0 Å². The lowest BCUT2D eigenvalue weighted by Crippen LogP contribution is -2.18. The van der Waals surface area contributed by atoms with Crippen LogP contribution in [0.3, 0.4) is 0 Å². The number of rotatable bonds is 6. The van der Waals surface area contributed by atoms with Crippen LogP contribution >= 0.6 is 0 Å². The van der Waals surface area contributed by atoms with E-state index >= 15 is 0 Å². The minimum absolute atomic E-state index is 0.107. The van der Waals surface area contributed by atoms with Gasteiger partial charge in [-0.05, 0) is 42.5 Å².